The first-order chi connectivity index (χ1) is 12.1. The molecule has 0 radical (unpaired) electrons. The Morgan fingerprint density at radius 2 is 1.76 bits per heavy atom. The van der Waals surface area contributed by atoms with E-state index in [1.807, 2.05) is 0 Å². The maximum atomic E-state index is 13.3. The molecule has 2 aliphatic rings. The number of halogens is 2. The highest BCUT2D eigenvalue weighted by molar-refractivity contribution is 6.27. The zero-order valence-electron chi connectivity index (χ0n) is 14.2. The van der Waals surface area contributed by atoms with Gasteiger partial charge < -0.3 is 10.2 Å². The van der Waals surface area contributed by atoms with E-state index in [1.54, 1.807) is 17.0 Å². The van der Waals surface area contributed by atoms with Crippen molar-refractivity contribution in [2.24, 2.45) is 0 Å². The Labute approximate surface area is 152 Å². The van der Waals surface area contributed by atoms with Gasteiger partial charge in [-0.3, -0.25) is 9.59 Å². The lowest BCUT2D eigenvalue weighted by Crippen LogP contribution is -2.48. The molecular weight excluding hydrogens is 343 g/mol. The quantitative estimate of drug-likeness (QED) is 0.783. The topological polar surface area (TPSA) is 49.4 Å². The fourth-order valence-corrected chi connectivity index (χ4v) is 3.73. The number of hydrogen-bond acceptors (Lipinski definition) is 2. The molecule has 3 rings (SSSR count). The van der Waals surface area contributed by atoms with E-state index >= 15 is 0 Å². The first-order valence-corrected chi connectivity index (χ1v) is 9.56. The summed E-state index contributed by atoms with van der Waals surface area (Å²) in [5, 5.41) is 3.10. The van der Waals surface area contributed by atoms with Gasteiger partial charge in [-0.25, -0.2) is 4.39 Å². The van der Waals surface area contributed by atoms with E-state index in [9.17, 15) is 14.0 Å². The highest BCUT2D eigenvalue weighted by Crippen LogP contribution is 2.35. The minimum Gasteiger partial charge on any atom is -0.351 e. The van der Waals surface area contributed by atoms with Crippen molar-refractivity contribution in [3.63, 3.8) is 0 Å². The molecule has 0 saturated heterocycles. The van der Waals surface area contributed by atoms with Gasteiger partial charge in [-0.2, -0.15) is 0 Å². The molecule has 25 heavy (non-hydrogen) atoms. The molecule has 4 nitrogen and oxygen atoms in total. The maximum absolute atomic E-state index is 13.3. The summed E-state index contributed by atoms with van der Waals surface area (Å²) < 4.78 is 13.3. The Hall–Kier alpha value is -1.62. The van der Waals surface area contributed by atoms with Gasteiger partial charge in [0.1, 0.15) is 17.7 Å². The molecule has 0 bridgehead atoms. The van der Waals surface area contributed by atoms with Gasteiger partial charge in [0.05, 0.1) is 0 Å². The Morgan fingerprint density at radius 1 is 1.12 bits per heavy atom. The average molecular weight is 367 g/mol. The number of alkyl halides is 1. The van der Waals surface area contributed by atoms with Crippen LogP contribution in [0.25, 0.3) is 0 Å². The van der Waals surface area contributed by atoms with Crippen molar-refractivity contribution in [1.29, 1.82) is 0 Å². The molecule has 6 heteroatoms. The normalized spacial score (nSPS) is 19.3. The minimum absolute atomic E-state index is 0.0402. The molecule has 0 spiro atoms. The summed E-state index contributed by atoms with van der Waals surface area (Å²) in [4.78, 5) is 27.1. The van der Waals surface area contributed by atoms with Crippen LogP contribution in [0.1, 0.15) is 56.6 Å². The highest BCUT2D eigenvalue weighted by atomic mass is 35.5. The molecule has 2 amide bonds. The minimum atomic E-state index is -0.749. The summed E-state index contributed by atoms with van der Waals surface area (Å²) in [6, 6.07) is 5.25. The van der Waals surface area contributed by atoms with Gasteiger partial charge in [0, 0.05) is 12.1 Å². The van der Waals surface area contributed by atoms with Crippen molar-refractivity contribution in [3.8, 4) is 0 Å². The molecule has 0 heterocycles. The van der Waals surface area contributed by atoms with Crippen LogP contribution < -0.4 is 5.32 Å². The van der Waals surface area contributed by atoms with Crippen molar-refractivity contribution >= 4 is 23.4 Å². The standard InChI is InChI=1S/C19H24ClFN2O2/c20-12-17(24)23(16-10-11-16)18(13-6-8-14(21)9-7-13)19(25)22-15-4-2-1-3-5-15/h6-9,15-16,18H,1-5,10-12H2,(H,22,25)/t18-/m0/s1. The Bertz CT molecular complexity index is 612. The van der Waals surface area contributed by atoms with Gasteiger partial charge in [0.25, 0.3) is 0 Å². The average Bonchev–Trinajstić information content (AvgIpc) is 3.45. The molecule has 1 aromatic carbocycles. The van der Waals surface area contributed by atoms with Crippen LogP contribution in [0.2, 0.25) is 0 Å². The molecule has 0 aromatic heterocycles. The molecule has 1 aromatic rings. The first-order valence-electron chi connectivity index (χ1n) is 9.03. The molecule has 0 unspecified atom stereocenters. The third kappa shape index (κ3) is 4.51. The lowest BCUT2D eigenvalue weighted by atomic mass is 9.94. The predicted octanol–water partition coefficient (Wildman–Crippen LogP) is 3.55. The summed E-state index contributed by atoms with van der Waals surface area (Å²) in [5.74, 6) is -0.969. The summed E-state index contributed by atoms with van der Waals surface area (Å²) in [6.07, 6.45) is 7.10. The largest absolute Gasteiger partial charge is 0.351 e. The fraction of sp³-hybridized carbons (Fsp3) is 0.579. The van der Waals surface area contributed by atoms with E-state index in [1.165, 1.54) is 18.6 Å². The van der Waals surface area contributed by atoms with Gasteiger partial charge in [-0.15, -0.1) is 11.6 Å². The van der Waals surface area contributed by atoms with E-state index in [-0.39, 0.29) is 35.6 Å². The zero-order valence-corrected chi connectivity index (χ0v) is 15.0. The van der Waals surface area contributed by atoms with Crippen molar-refractivity contribution < 1.29 is 14.0 Å². The van der Waals surface area contributed by atoms with Gasteiger partial charge >= 0.3 is 0 Å². The SMILES string of the molecule is O=C(NC1CCCCC1)[C@H](c1ccc(F)cc1)N(C(=O)CCl)C1CC1. The smallest absolute Gasteiger partial charge is 0.247 e. The second kappa shape index (κ2) is 8.17. The monoisotopic (exact) mass is 366 g/mol. The van der Waals surface area contributed by atoms with Gasteiger partial charge in [0.15, 0.2) is 0 Å². The molecule has 2 fully saturated rings. The number of nitrogens with zero attached hydrogens (tertiary/aromatic N) is 1. The predicted molar refractivity (Wildman–Crippen MR) is 94.7 cm³/mol. The van der Waals surface area contributed by atoms with Crippen molar-refractivity contribution in [1.82, 2.24) is 10.2 Å². The number of carbonyl (C=O) groups is 2. The van der Waals surface area contributed by atoms with Gasteiger partial charge in [-0.05, 0) is 43.4 Å². The first kappa shape index (κ1) is 18.2. The Balaban J connectivity index is 1.85. The van der Waals surface area contributed by atoms with Crippen LogP contribution in [-0.2, 0) is 9.59 Å². The molecule has 1 atom stereocenters. The van der Waals surface area contributed by atoms with Crippen LogP contribution in [0.15, 0.2) is 24.3 Å². The van der Waals surface area contributed by atoms with Crippen LogP contribution in [0.5, 0.6) is 0 Å². The van der Waals surface area contributed by atoms with Crippen LogP contribution in [0.4, 0.5) is 4.39 Å². The number of rotatable bonds is 6. The van der Waals surface area contributed by atoms with Crippen LogP contribution in [0, 0.1) is 5.82 Å². The van der Waals surface area contributed by atoms with Crippen molar-refractivity contribution in [2.45, 2.75) is 63.1 Å². The molecule has 0 aliphatic heterocycles. The molecule has 1 N–H and O–H groups in total. The van der Waals surface area contributed by atoms with Crippen LogP contribution >= 0.6 is 11.6 Å². The number of nitrogens with one attached hydrogen (secondary N) is 1. The lowest BCUT2D eigenvalue weighted by Gasteiger charge is -2.33. The number of carbonyl (C=O) groups excluding carboxylic acids is 2. The summed E-state index contributed by atoms with van der Waals surface area (Å²) in [6.45, 7) is 0. The Kier molecular flexibility index (Phi) is 5.94. The number of benzene rings is 1. The number of amides is 2. The van der Waals surface area contributed by atoms with E-state index in [0.29, 0.717) is 5.56 Å². The van der Waals surface area contributed by atoms with E-state index in [2.05, 4.69) is 5.32 Å². The second-order valence-corrected chi connectivity index (χ2v) is 7.23. The molecule has 2 saturated carbocycles. The lowest BCUT2D eigenvalue weighted by molar-refractivity contribution is -0.140. The van der Waals surface area contributed by atoms with Crippen molar-refractivity contribution in [3.05, 3.63) is 35.6 Å². The molecule has 136 valence electrons. The molecule has 2 aliphatic carbocycles. The molecular formula is C19H24ClFN2O2. The third-order valence-corrected chi connectivity index (χ3v) is 5.24. The van der Waals surface area contributed by atoms with Crippen molar-refractivity contribution in [2.75, 3.05) is 5.88 Å². The third-order valence-electron chi connectivity index (χ3n) is 5.01. The second-order valence-electron chi connectivity index (χ2n) is 6.96. The van der Waals surface area contributed by atoms with Crippen LogP contribution in [0.3, 0.4) is 0 Å². The van der Waals surface area contributed by atoms with E-state index in [0.717, 1.165) is 38.5 Å². The van der Waals surface area contributed by atoms with E-state index in [4.69, 9.17) is 11.6 Å². The summed E-state index contributed by atoms with van der Waals surface area (Å²) in [7, 11) is 0. The van der Waals surface area contributed by atoms with Gasteiger partial charge in [0.2, 0.25) is 11.8 Å². The zero-order chi connectivity index (χ0) is 17.8. The van der Waals surface area contributed by atoms with E-state index < -0.39 is 6.04 Å². The summed E-state index contributed by atoms with van der Waals surface area (Å²) in [5.41, 5.74) is 0.625. The maximum Gasteiger partial charge on any atom is 0.247 e. The van der Waals surface area contributed by atoms with Crippen LogP contribution in [-0.4, -0.2) is 34.7 Å². The van der Waals surface area contributed by atoms with Gasteiger partial charge in [-0.1, -0.05) is 31.4 Å². The fourth-order valence-electron chi connectivity index (χ4n) is 3.59. The summed E-state index contributed by atoms with van der Waals surface area (Å²) >= 11 is 5.79. The highest BCUT2D eigenvalue weighted by Gasteiger charge is 2.41. The Morgan fingerprint density at radius 3 is 2.32 bits per heavy atom. The number of hydrogen-bond donors (Lipinski definition) is 1.